The number of hydrogen-bond donors (Lipinski definition) is 6. The molecule has 2 atom stereocenters. The third-order valence-corrected chi connectivity index (χ3v) is 9.96. The van der Waals surface area contributed by atoms with E-state index in [1.54, 1.807) is 41.2 Å². The second kappa shape index (κ2) is 24.2. The number of halogens is 4. The molecule has 3 amide bonds. The Kier molecular flexibility index (Phi) is 18.5. The molecule has 22 heteroatoms. The highest BCUT2D eigenvalue weighted by Crippen LogP contribution is 2.35. The maximum Gasteiger partial charge on any atom is 0.417 e. The van der Waals surface area contributed by atoms with E-state index >= 15 is 0 Å². The number of anilines is 2. The van der Waals surface area contributed by atoms with Crippen molar-refractivity contribution in [2.45, 2.75) is 50.6 Å². The summed E-state index contributed by atoms with van der Waals surface area (Å²) >= 11 is 5.73. The van der Waals surface area contributed by atoms with Crippen molar-refractivity contribution in [3.8, 4) is 0 Å². The molecule has 1 fully saturated rings. The normalized spacial score (nSPS) is 14.0. The molecular weight excluding hydrogens is 869 g/mol. The molecule has 0 saturated carbocycles. The van der Waals surface area contributed by atoms with Gasteiger partial charge in [-0.05, 0) is 72.9 Å². The van der Waals surface area contributed by atoms with Gasteiger partial charge in [-0.15, -0.1) is 5.10 Å². The summed E-state index contributed by atoms with van der Waals surface area (Å²) in [7, 11) is 0. The summed E-state index contributed by atoms with van der Waals surface area (Å²) in [6, 6.07) is 15.2. The predicted octanol–water partition coefficient (Wildman–Crippen LogP) is 3.52. The summed E-state index contributed by atoms with van der Waals surface area (Å²) in [5.41, 5.74) is 4.24. The smallest absolute Gasteiger partial charge is 0.417 e. The third kappa shape index (κ3) is 15.1. The number of carbonyl (C=O) groups is 4. The highest BCUT2D eigenvalue weighted by Gasteiger charge is 2.33. The number of aliphatic carboxylic acids is 1. The van der Waals surface area contributed by atoms with Crippen molar-refractivity contribution < 1.29 is 61.9 Å². The average molecular weight is 917 g/mol. The molecule has 2 unspecified atom stereocenters. The van der Waals surface area contributed by atoms with Crippen molar-refractivity contribution in [2.75, 3.05) is 69.5 Å². The zero-order valence-electron chi connectivity index (χ0n) is 34.4. The molecule has 0 radical (unpaired) electrons. The summed E-state index contributed by atoms with van der Waals surface area (Å²) in [6.07, 6.45) is -2.60. The van der Waals surface area contributed by atoms with Crippen molar-refractivity contribution in [3.63, 3.8) is 0 Å². The molecule has 64 heavy (non-hydrogen) atoms. The number of ether oxygens (including phenoxy) is 3. The van der Waals surface area contributed by atoms with Crippen LogP contribution in [0.1, 0.15) is 62.4 Å². The highest BCUT2D eigenvalue weighted by molar-refractivity contribution is 6.31. The predicted molar refractivity (Wildman–Crippen MR) is 226 cm³/mol. The minimum absolute atomic E-state index is 0.00351. The van der Waals surface area contributed by atoms with Crippen LogP contribution in [0.2, 0.25) is 5.02 Å². The molecule has 3 aromatic carbocycles. The number of nitrogens with zero attached hydrogens (tertiary/aromatic N) is 5. The third-order valence-electron chi connectivity index (χ3n) is 9.63. The van der Waals surface area contributed by atoms with Crippen LogP contribution in [0, 0.1) is 0 Å². The van der Waals surface area contributed by atoms with Gasteiger partial charge in [0.15, 0.2) is 12.2 Å². The summed E-state index contributed by atoms with van der Waals surface area (Å²) in [5.74, 6) is -3.92. The quantitative estimate of drug-likeness (QED) is 0.0355. The number of benzene rings is 3. The molecule has 0 spiro atoms. The Morgan fingerprint density at radius 3 is 2.31 bits per heavy atom. The van der Waals surface area contributed by atoms with Crippen molar-refractivity contribution in [3.05, 3.63) is 105 Å². The lowest BCUT2D eigenvalue weighted by Crippen LogP contribution is -2.46. The number of hydrogen-bond acceptors (Lipinski definition) is 13. The first-order chi connectivity index (χ1) is 30.7. The van der Waals surface area contributed by atoms with E-state index in [0.717, 1.165) is 62.0 Å². The van der Waals surface area contributed by atoms with E-state index in [9.17, 15) is 42.6 Å². The molecule has 0 bridgehead atoms. The van der Waals surface area contributed by atoms with E-state index in [2.05, 4.69) is 36.4 Å². The first-order valence-electron chi connectivity index (χ1n) is 20.2. The van der Waals surface area contributed by atoms with Crippen LogP contribution in [0.4, 0.5) is 24.5 Å². The fraction of sp³-hybridized carbons (Fsp3) is 0.405. The Morgan fingerprint density at radius 1 is 0.875 bits per heavy atom. The molecule has 18 nitrogen and oxygen atoms in total. The number of carboxylic acids is 1. The Balaban J connectivity index is 1.07. The number of nitrogens with one attached hydrogen (secondary N) is 3. The van der Waals surface area contributed by atoms with Crippen LogP contribution >= 0.6 is 11.6 Å². The molecule has 4 aromatic rings. The van der Waals surface area contributed by atoms with Crippen LogP contribution in [0.15, 0.2) is 72.0 Å². The van der Waals surface area contributed by atoms with E-state index < -0.39 is 52.7 Å². The molecule has 1 aliphatic heterocycles. The highest BCUT2D eigenvalue weighted by atomic mass is 35.5. The van der Waals surface area contributed by atoms with Gasteiger partial charge in [-0.1, -0.05) is 35.0 Å². The molecule has 6 N–H and O–H groups in total. The van der Waals surface area contributed by atoms with E-state index in [-0.39, 0.29) is 43.2 Å². The number of hydrazone groups is 1. The SMILES string of the molecule is O=C(Nc1ccc(N2CCCCC2)cc1C(=O)N/N=C/c1ccc(Cl)c(C(F)(F)F)c1)c1cccc(Cn2cc(CCOCCOCCOCCNC(=O)C(O)C(O)C(=O)O)nn2)c1. The van der Waals surface area contributed by atoms with Crippen LogP contribution < -0.4 is 21.0 Å². The van der Waals surface area contributed by atoms with E-state index in [1.807, 2.05) is 12.1 Å². The summed E-state index contributed by atoms with van der Waals surface area (Å²) in [5, 5.41) is 44.1. The lowest BCUT2D eigenvalue weighted by Gasteiger charge is -2.29. The lowest BCUT2D eigenvalue weighted by molar-refractivity contribution is -0.158. The largest absolute Gasteiger partial charge is 0.479 e. The Labute approximate surface area is 370 Å². The maximum atomic E-state index is 13.6. The topological polar surface area (TPSA) is 239 Å². The van der Waals surface area contributed by atoms with E-state index in [4.69, 9.17) is 30.9 Å². The van der Waals surface area contributed by atoms with Gasteiger partial charge in [0.05, 0.1) is 79.9 Å². The Morgan fingerprint density at radius 2 is 1.59 bits per heavy atom. The number of aliphatic hydroxyl groups is 2. The van der Waals surface area contributed by atoms with Crippen LogP contribution in [-0.4, -0.2) is 132 Å². The number of rotatable bonds is 23. The van der Waals surface area contributed by atoms with Gasteiger partial charge in [0.2, 0.25) is 0 Å². The van der Waals surface area contributed by atoms with Gasteiger partial charge in [0.1, 0.15) is 0 Å². The van der Waals surface area contributed by atoms with Crippen LogP contribution in [0.5, 0.6) is 0 Å². The maximum absolute atomic E-state index is 13.6. The minimum atomic E-state index is -4.67. The lowest BCUT2D eigenvalue weighted by atomic mass is 10.1. The van der Waals surface area contributed by atoms with Gasteiger partial charge >= 0.3 is 12.1 Å². The molecule has 5 rings (SSSR count). The number of alkyl halides is 3. The van der Waals surface area contributed by atoms with Crippen molar-refractivity contribution >= 4 is 52.9 Å². The number of aliphatic hydroxyl groups excluding tert-OH is 2. The number of piperidine rings is 1. The van der Waals surface area contributed by atoms with Crippen molar-refractivity contribution in [1.29, 1.82) is 0 Å². The first kappa shape index (κ1) is 49.1. The van der Waals surface area contributed by atoms with Crippen molar-refractivity contribution in [1.82, 2.24) is 25.7 Å². The van der Waals surface area contributed by atoms with Crippen LogP contribution in [0.3, 0.4) is 0 Å². The van der Waals surface area contributed by atoms with Gasteiger partial charge in [-0.3, -0.25) is 14.4 Å². The molecular formula is C42H48ClF3N8O10. The first-order valence-corrected chi connectivity index (χ1v) is 20.6. The summed E-state index contributed by atoms with van der Waals surface area (Å²) in [4.78, 5) is 51.5. The van der Waals surface area contributed by atoms with E-state index in [0.29, 0.717) is 44.0 Å². The number of carbonyl (C=O) groups excluding carboxylic acids is 3. The fourth-order valence-corrected chi connectivity index (χ4v) is 6.54. The second-order valence-corrected chi connectivity index (χ2v) is 14.8. The number of amides is 3. The molecule has 1 aromatic heterocycles. The Bertz CT molecular complexity index is 2240. The molecule has 0 aliphatic carbocycles. The summed E-state index contributed by atoms with van der Waals surface area (Å²) in [6.45, 7) is 3.40. The standard InChI is InChI=1S/C42H48ClF3N8O10/c43-34-9-7-27(22-33(34)42(44,45)46)24-48-51-39(58)32-23-31(53-13-2-1-3-14-53)8-10-35(32)49-38(57)29-6-4-5-28(21-29)25-54-26-30(50-52-54)11-15-62-17-19-64-20-18-63-16-12-47-40(59)36(55)37(56)41(60)61/h4-10,21-24,26,36-37,55-56H,1-3,11-20,25H2,(H,47,59)(H,49,57)(H,51,58)(H,60,61)/b48-24+. The zero-order chi connectivity index (χ0) is 46.1. The molecule has 344 valence electrons. The minimum Gasteiger partial charge on any atom is -0.479 e. The van der Waals surface area contributed by atoms with Crippen molar-refractivity contribution in [2.24, 2.45) is 5.10 Å². The van der Waals surface area contributed by atoms with Gasteiger partial charge in [0.25, 0.3) is 17.7 Å². The zero-order valence-corrected chi connectivity index (χ0v) is 35.2. The molecule has 1 aliphatic rings. The van der Waals surface area contributed by atoms with Gasteiger partial charge in [-0.25, -0.2) is 14.9 Å². The Hall–Kier alpha value is -5.97. The average Bonchev–Trinajstić information content (AvgIpc) is 3.73. The van der Waals surface area contributed by atoms with E-state index in [1.165, 1.54) is 6.07 Å². The number of aromatic nitrogens is 3. The van der Waals surface area contributed by atoms with Gasteiger partial charge in [-0.2, -0.15) is 18.3 Å². The van der Waals surface area contributed by atoms with Gasteiger partial charge in [0, 0.05) is 43.5 Å². The number of carboxylic acid groups (broad SMARTS) is 1. The monoisotopic (exact) mass is 916 g/mol. The summed E-state index contributed by atoms with van der Waals surface area (Å²) < 4.78 is 58.0. The van der Waals surface area contributed by atoms with Crippen LogP contribution in [-0.2, 0) is 42.9 Å². The van der Waals surface area contributed by atoms with Crippen LogP contribution in [0.25, 0.3) is 0 Å². The second-order valence-electron chi connectivity index (χ2n) is 14.4. The molecule has 1 saturated heterocycles. The van der Waals surface area contributed by atoms with Gasteiger partial charge < -0.3 is 45.1 Å². The molecule has 2 heterocycles. The fourth-order valence-electron chi connectivity index (χ4n) is 6.31.